The van der Waals surface area contributed by atoms with E-state index < -0.39 is 23.8 Å². The van der Waals surface area contributed by atoms with Crippen LogP contribution in [0.3, 0.4) is 0 Å². The third-order valence-corrected chi connectivity index (χ3v) is 1.38. The van der Waals surface area contributed by atoms with Gasteiger partial charge in [-0.05, 0) is 13.8 Å². The fraction of sp³-hybridized carbons (Fsp3) is 0.667. The lowest BCUT2D eigenvalue weighted by atomic mass is 10.0. The average Bonchev–Trinajstić information content (AvgIpc) is 2.08. The smallest absolute Gasteiger partial charge is 0.375 e. The molecule has 62 valence electrons. The Hall–Kier alpha value is -1.13. The van der Waals surface area contributed by atoms with Crippen LogP contribution in [0.15, 0.2) is 0 Å². The predicted molar refractivity (Wildman–Crippen MR) is 33.6 cm³/mol. The van der Waals surface area contributed by atoms with E-state index in [-0.39, 0.29) is 0 Å². The number of alkyl halides is 1. The largest absolute Gasteiger partial charge is 0.415 e. The highest BCUT2D eigenvalue weighted by Crippen LogP contribution is 2.18. The van der Waals surface area contributed by atoms with E-state index in [2.05, 4.69) is 10.1 Å². The molecule has 1 unspecified atom stereocenters. The second kappa shape index (κ2) is 2.18. The van der Waals surface area contributed by atoms with E-state index in [1.54, 1.807) is 0 Å². The molecule has 0 aromatic rings. The lowest BCUT2D eigenvalue weighted by Crippen LogP contribution is -2.44. The van der Waals surface area contributed by atoms with E-state index in [1.165, 1.54) is 13.8 Å². The molecule has 0 radical (unpaired) electrons. The van der Waals surface area contributed by atoms with Crippen LogP contribution in [0.1, 0.15) is 13.8 Å². The number of ether oxygens (including phenoxy) is 1. The fourth-order valence-corrected chi connectivity index (χ4v) is 0.808. The molecule has 1 rings (SSSR count). The van der Waals surface area contributed by atoms with Gasteiger partial charge >= 0.3 is 12.1 Å². The number of esters is 1. The first-order chi connectivity index (χ1) is 4.91. The molecular weight excluding hydrogens is 153 g/mol. The Morgan fingerprint density at radius 3 is 2.27 bits per heavy atom. The Morgan fingerprint density at radius 2 is 2.09 bits per heavy atom. The summed E-state index contributed by atoms with van der Waals surface area (Å²) in [4.78, 5) is 21.1. The molecule has 0 aromatic carbocycles. The van der Waals surface area contributed by atoms with Crippen LogP contribution in [0.2, 0.25) is 0 Å². The Morgan fingerprint density at radius 1 is 1.55 bits per heavy atom. The van der Waals surface area contributed by atoms with E-state index >= 15 is 0 Å². The number of carbonyl (C=O) groups is 2. The van der Waals surface area contributed by atoms with Gasteiger partial charge in [-0.2, -0.15) is 0 Å². The molecule has 5 heteroatoms. The van der Waals surface area contributed by atoms with Gasteiger partial charge in [0, 0.05) is 0 Å². The van der Waals surface area contributed by atoms with E-state index in [4.69, 9.17) is 0 Å². The standard InChI is InChI=1S/C6H8FNO3/c1-6(2,7)3-4(9)11-5(10)8-3/h3H,1-2H3,(H,8,10). The maximum Gasteiger partial charge on any atom is 0.415 e. The van der Waals surface area contributed by atoms with Crippen LogP contribution in [0.5, 0.6) is 0 Å². The van der Waals surface area contributed by atoms with Crippen LogP contribution in [0.25, 0.3) is 0 Å². The zero-order valence-electron chi connectivity index (χ0n) is 6.18. The third-order valence-electron chi connectivity index (χ3n) is 1.38. The Balaban J connectivity index is 2.76. The molecule has 1 aliphatic rings. The Labute approximate surface area is 62.7 Å². The Bertz CT molecular complexity index is 208. The number of carbonyl (C=O) groups excluding carboxylic acids is 2. The summed E-state index contributed by atoms with van der Waals surface area (Å²) in [6.45, 7) is 2.40. The lowest BCUT2D eigenvalue weighted by molar-refractivity contribution is -0.137. The summed E-state index contributed by atoms with van der Waals surface area (Å²) in [5, 5.41) is 2.06. The molecule has 0 spiro atoms. The van der Waals surface area contributed by atoms with Crippen molar-refractivity contribution < 1.29 is 18.7 Å². The molecule has 1 heterocycles. The molecule has 1 fully saturated rings. The van der Waals surface area contributed by atoms with Crippen molar-refractivity contribution in [2.24, 2.45) is 0 Å². The minimum absolute atomic E-state index is 0.859. The highest BCUT2D eigenvalue weighted by atomic mass is 19.1. The van der Waals surface area contributed by atoms with Crippen molar-refractivity contribution in [1.82, 2.24) is 5.32 Å². The second-order valence-electron chi connectivity index (χ2n) is 2.85. The van der Waals surface area contributed by atoms with Gasteiger partial charge in [-0.1, -0.05) is 0 Å². The topological polar surface area (TPSA) is 55.4 Å². The van der Waals surface area contributed by atoms with Crippen molar-refractivity contribution in [2.45, 2.75) is 25.6 Å². The summed E-state index contributed by atoms with van der Waals surface area (Å²) >= 11 is 0. The number of hydrogen-bond acceptors (Lipinski definition) is 3. The van der Waals surface area contributed by atoms with Crippen LogP contribution in [-0.4, -0.2) is 23.8 Å². The molecule has 4 nitrogen and oxygen atoms in total. The highest BCUT2D eigenvalue weighted by molar-refractivity contribution is 5.96. The van der Waals surface area contributed by atoms with Crippen LogP contribution < -0.4 is 5.32 Å². The van der Waals surface area contributed by atoms with Gasteiger partial charge < -0.3 is 10.1 Å². The minimum Gasteiger partial charge on any atom is -0.375 e. The summed E-state index contributed by atoms with van der Waals surface area (Å²) < 4.78 is 17.1. The molecule has 0 saturated carbocycles. The van der Waals surface area contributed by atoms with Gasteiger partial charge in [0.1, 0.15) is 5.67 Å². The van der Waals surface area contributed by atoms with Crippen LogP contribution in [-0.2, 0) is 9.53 Å². The van der Waals surface area contributed by atoms with E-state index in [9.17, 15) is 14.0 Å². The minimum atomic E-state index is -1.77. The third kappa shape index (κ3) is 1.47. The van der Waals surface area contributed by atoms with Crippen molar-refractivity contribution in [1.29, 1.82) is 0 Å². The molecular formula is C6H8FNO3. The van der Waals surface area contributed by atoms with E-state index in [0.717, 1.165) is 0 Å². The number of amides is 1. The normalized spacial score (nSPS) is 24.8. The zero-order valence-corrected chi connectivity index (χ0v) is 6.18. The first kappa shape index (κ1) is 7.97. The predicted octanol–water partition coefficient (Wildman–Crippen LogP) is 0.369. The average molecular weight is 161 g/mol. The van der Waals surface area contributed by atoms with Crippen LogP contribution in [0, 0.1) is 0 Å². The zero-order chi connectivity index (χ0) is 8.65. The van der Waals surface area contributed by atoms with Crippen LogP contribution in [0.4, 0.5) is 9.18 Å². The number of hydrogen-bond donors (Lipinski definition) is 1. The first-order valence-corrected chi connectivity index (χ1v) is 3.12. The molecule has 0 aromatic heterocycles. The molecule has 1 aliphatic heterocycles. The number of alkyl carbamates (subject to hydrolysis) is 1. The fourth-order valence-electron chi connectivity index (χ4n) is 0.808. The van der Waals surface area contributed by atoms with Crippen molar-refractivity contribution in [3.63, 3.8) is 0 Å². The van der Waals surface area contributed by atoms with Gasteiger partial charge in [-0.15, -0.1) is 0 Å². The number of rotatable bonds is 1. The van der Waals surface area contributed by atoms with Crippen molar-refractivity contribution in [3.8, 4) is 0 Å². The summed E-state index contributed by atoms with van der Waals surface area (Å²) in [5.41, 5.74) is -1.77. The van der Waals surface area contributed by atoms with Crippen molar-refractivity contribution >= 4 is 12.1 Å². The number of halogens is 1. The number of cyclic esters (lactones) is 2. The second-order valence-corrected chi connectivity index (χ2v) is 2.85. The van der Waals surface area contributed by atoms with Crippen molar-refractivity contribution in [3.05, 3.63) is 0 Å². The van der Waals surface area contributed by atoms with Crippen LogP contribution >= 0.6 is 0 Å². The lowest BCUT2D eigenvalue weighted by Gasteiger charge is -2.17. The quantitative estimate of drug-likeness (QED) is 0.446. The van der Waals surface area contributed by atoms with Gasteiger partial charge in [0.05, 0.1) is 0 Å². The molecule has 1 N–H and O–H groups in total. The maximum atomic E-state index is 13.0. The highest BCUT2D eigenvalue weighted by Gasteiger charge is 2.43. The monoisotopic (exact) mass is 161 g/mol. The molecule has 0 aliphatic carbocycles. The van der Waals surface area contributed by atoms with Gasteiger partial charge in [-0.3, -0.25) is 0 Å². The van der Waals surface area contributed by atoms with Gasteiger partial charge in [-0.25, -0.2) is 14.0 Å². The summed E-state index contributed by atoms with van der Waals surface area (Å²) in [6, 6.07) is -1.17. The SMILES string of the molecule is CC(C)(F)C1NC(=O)OC1=O. The van der Waals surface area contributed by atoms with Gasteiger partial charge in [0.25, 0.3) is 0 Å². The van der Waals surface area contributed by atoms with Crippen molar-refractivity contribution in [2.75, 3.05) is 0 Å². The first-order valence-electron chi connectivity index (χ1n) is 3.12. The molecule has 1 saturated heterocycles. The molecule has 11 heavy (non-hydrogen) atoms. The maximum absolute atomic E-state index is 13.0. The van der Waals surface area contributed by atoms with E-state index in [1.807, 2.05) is 0 Å². The van der Waals surface area contributed by atoms with Gasteiger partial charge in [0.15, 0.2) is 6.04 Å². The summed E-state index contributed by atoms with van der Waals surface area (Å²) in [7, 11) is 0. The van der Waals surface area contributed by atoms with E-state index in [0.29, 0.717) is 0 Å². The summed E-state index contributed by atoms with van der Waals surface area (Å²) in [6.07, 6.45) is -0.884. The molecule has 0 bridgehead atoms. The number of nitrogens with one attached hydrogen (secondary N) is 1. The van der Waals surface area contributed by atoms with Gasteiger partial charge in [0.2, 0.25) is 0 Å². The Kier molecular flexibility index (Phi) is 1.58. The molecule has 1 amide bonds. The molecule has 1 atom stereocenters. The summed E-state index contributed by atoms with van der Waals surface area (Å²) in [5.74, 6) is -0.859.